The molecule has 0 aromatic heterocycles. The van der Waals surface area contributed by atoms with E-state index in [0.29, 0.717) is 25.3 Å². The molecule has 9 heteroatoms. The first-order valence-corrected chi connectivity index (χ1v) is 8.68. The molecule has 144 valence electrons. The number of piperidine rings is 1. The average Bonchev–Trinajstić information content (AvgIpc) is 3.12. The van der Waals surface area contributed by atoms with Gasteiger partial charge in [-0.3, -0.25) is 9.59 Å². The van der Waals surface area contributed by atoms with Crippen LogP contribution in [-0.2, 0) is 9.59 Å². The third kappa shape index (κ3) is 4.05. The number of carbonyl (C=O) groups is 2. The monoisotopic (exact) mass is 383 g/mol. The fourth-order valence-electron chi connectivity index (χ4n) is 4.46. The number of alkyl halides is 3. The van der Waals surface area contributed by atoms with Crippen LogP contribution >= 0.6 is 12.4 Å². The number of amides is 2. The number of nitrogens with one attached hydrogen (secondary N) is 2. The summed E-state index contributed by atoms with van der Waals surface area (Å²) in [6, 6.07) is 0. The summed E-state index contributed by atoms with van der Waals surface area (Å²) >= 11 is 0. The smallest absolute Gasteiger partial charge is 0.355 e. The van der Waals surface area contributed by atoms with Crippen molar-refractivity contribution in [2.24, 2.45) is 17.3 Å². The van der Waals surface area contributed by atoms with Gasteiger partial charge in [-0.2, -0.15) is 13.2 Å². The maximum Gasteiger partial charge on any atom is 0.471 e. The van der Waals surface area contributed by atoms with E-state index >= 15 is 0 Å². The minimum atomic E-state index is -4.80. The Morgan fingerprint density at radius 3 is 2.52 bits per heavy atom. The Labute approximate surface area is 151 Å². The van der Waals surface area contributed by atoms with Crippen LogP contribution in [0.5, 0.6) is 0 Å². The molecule has 1 saturated carbocycles. The molecule has 0 unspecified atom stereocenters. The van der Waals surface area contributed by atoms with E-state index in [2.05, 4.69) is 10.6 Å². The molecule has 0 aromatic carbocycles. The second-order valence-electron chi connectivity index (χ2n) is 7.32. The van der Waals surface area contributed by atoms with E-state index in [1.165, 1.54) is 0 Å². The summed E-state index contributed by atoms with van der Waals surface area (Å²) in [5, 5.41) is 6.33. The lowest BCUT2D eigenvalue weighted by Gasteiger charge is -2.33. The number of carbonyl (C=O) groups excluding carboxylic acids is 2. The lowest BCUT2D eigenvalue weighted by molar-refractivity contribution is -0.186. The van der Waals surface area contributed by atoms with Crippen molar-refractivity contribution in [1.29, 1.82) is 0 Å². The number of likely N-dealkylation sites (tertiary alicyclic amines) is 1. The largest absolute Gasteiger partial charge is 0.471 e. The highest BCUT2D eigenvalue weighted by Gasteiger charge is 2.51. The summed E-state index contributed by atoms with van der Waals surface area (Å²) in [4.78, 5) is 24.7. The van der Waals surface area contributed by atoms with E-state index < -0.39 is 12.1 Å². The highest BCUT2D eigenvalue weighted by atomic mass is 35.5. The number of fused-ring (bicyclic) bond motifs is 1. The van der Waals surface area contributed by atoms with Gasteiger partial charge in [-0.25, -0.2) is 0 Å². The summed E-state index contributed by atoms with van der Waals surface area (Å²) in [6.07, 6.45) is -0.730. The van der Waals surface area contributed by atoms with E-state index in [9.17, 15) is 22.8 Å². The van der Waals surface area contributed by atoms with Crippen LogP contribution in [0.3, 0.4) is 0 Å². The number of rotatable bonds is 3. The van der Waals surface area contributed by atoms with Gasteiger partial charge < -0.3 is 15.5 Å². The molecule has 2 saturated heterocycles. The average molecular weight is 384 g/mol. The molecule has 2 N–H and O–H groups in total. The van der Waals surface area contributed by atoms with E-state index in [0.717, 1.165) is 37.3 Å². The topological polar surface area (TPSA) is 61.4 Å². The van der Waals surface area contributed by atoms with Gasteiger partial charge in [0.25, 0.3) is 0 Å². The molecule has 1 aliphatic carbocycles. The number of hydrogen-bond donors (Lipinski definition) is 2. The zero-order valence-corrected chi connectivity index (χ0v) is 14.8. The molecular formula is C16H25ClF3N3O2. The maximum absolute atomic E-state index is 12.6. The van der Waals surface area contributed by atoms with Crippen molar-refractivity contribution in [3.63, 3.8) is 0 Å². The van der Waals surface area contributed by atoms with Crippen LogP contribution in [0.4, 0.5) is 13.2 Å². The third-order valence-electron chi connectivity index (χ3n) is 5.94. The van der Waals surface area contributed by atoms with Gasteiger partial charge in [0.1, 0.15) is 0 Å². The molecule has 3 aliphatic rings. The summed E-state index contributed by atoms with van der Waals surface area (Å²) in [5.41, 5.74) is -0.285. The SMILES string of the molecule is Cl.O=C(N1CCC(CNC(=O)[C@@]23CCC[C@@H]2CNC3)CC1)C(F)(F)F. The van der Waals surface area contributed by atoms with Crippen molar-refractivity contribution in [3.8, 4) is 0 Å². The van der Waals surface area contributed by atoms with E-state index in [4.69, 9.17) is 0 Å². The van der Waals surface area contributed by atoms with Crippen LogP contribution in [-0.4, -0.2) is 55.6 Å². The van der Waals surface area contributed by atoms with Crippen LogP contribution < -0.4 is 10.6 Å². The predicted octanol–water partition coefficient (Wildman–Crippen LogP) is 1.71. The molecule has 0 spiro atoms. The van der Waals surface area contributed by atoms with Crippen molar-refractivity contribution in [1.82, 2.24) is 15.5 Å². The van der Waals surface area contributed by atoms with Gasteiger partial charge in [0.05, 0.1) is 5.41 Å². The summed E-state index contributed by atoms with van der Waals surface area (Å²) in [6.45, 7) is 2.32. The van der Waals surface area contributed by atoms with Crippen molar-refractivity contribution in [2.75, 3.05) is 32.7 Å². The number of hydrogen-bond acceptors (Lipinski definition) is 3. The number of halogens is 4. The summed E-state index contributed by atoms with van der Waals surface area (Å²) < 4.78 is 37.3. The normalized spacial score (nSPS) is 29.9. The minimum absolute atomic E-state index is 0. The van der Waals surface area contributed by atoms with Gasteiger partial charge in [-0.05, 0) is 44.1 Å². The van der Waals surface area contributed by atoms with Gasteiger partial charge in [0.15, 0.2) is 0 Å². The van der Waals surface area contributed by atoms with Gasteiger partial charge in [-0.1, -0.05) is 6.42 Å². The Balaban J connectivity index is 0.00000225. The van der Waals surface area contributed by atoms with Gasteiger partial charge in [-0.15, -0.1) is 12.4 Å². The van der Waals surface area contributed by atoms with E-state index in [1.54, 1.807) is 0 Å². The van der Waals surface area contributed by atoms with Crippen LogP contribution in [0.1, 0.15) is 32.1 Å². The van der Waals surface area contributed by atoms with Gasteiger partial charge in [0.2, 0.25) is 5.91 Å². The van der Waals surface area contributed by atoms with Crippen LogP contribution in [0, 0.1) is 17.3 Å². The Kier molecular flexibility index (Phi) is 6.25. The third-order valence-corrected chi connectivity index (χ3v) is 5.94. The first-order valence-electron chi connectivity index (χ1n) is 8.68. The zero-order chi connectivity index (χ0) is 17.4. The summed E-state index contributed by atoms with van der Waals surface area (Å²) in [7, 11) is 0. The fraction of sp³-hybridized carbons (Fsp3) is 0.875. The first kappa shape index (κ1) is 20.3. The molecule has 0 aromatic rings. The molecule has 0 bridgehead atoms. The van der Waals surface area contributed by atoms with E-state index in [-0.39, 0.29) is 42.7 Å². The molecule has 2 aliphatic heterocycles. The highest BCUT2D eigenvalue weighted by Crippen LogP contribution is 2.45. The minimum Gasteiger partial charge on any atom is -0.355 e. The van der Waals surface area contributed by atoms with Crippen molar-refractivity contribution < 1.29 is 22.8 Å². The second kappa shape index (κ2) is 7.70. The summed E-state index contributed by atoms with van der Waals surface area (Å²) in [5.74, 6) is -1.13. The van der Waals surface area contributed by atoms with Crippen LogP contribution in [0.15, 0.2) is 0 Å². The standard InChI is InChI=1S/C16H24F3N3O2.ClH/c17-16(18,19)14(24)22-6-3-11(4-7-22)8-21-13(23)15-5-1-2-12(15)9-20-10-15;/h11-12,20H,1-10H2,(H,21,23);1H/t12-,15-;/m1./s1. The maximum atomic E-state index is 12.6. The molecule has 25 heavy (non-hydrogen) atoms. The van der Waals surface area contributed by atoms with Crippen LogP contribution in [0.25, 0.3) is 0 Å². The Morgan fingerprint density at radius 2 is 1.88 bits per heavy atom. The molecule has 2 amide bonds. The molecule has 3 fully saturated rings. The molecule has 5 nitrogen and oxygen atoms in total. The second-order valence-corrected chi connectivity index (χ2v) is 7.32. The molecule has 3 rings (SSSR count). The molecule has 0 radical (unpaired) electrons. The van der Waals surface area contributed by atoms with Gasteiger partial charge in [0, 0.05) is 26.2 Å². The quantitative estimate of drug-likeness (QED) is 0.780. The van der Waals surface area contributed by atoms with Crippen molar-refractivity contribution in [3.05, 3.63) is 0 Å². The van der Waals surface area contributed by atoms with Crippen molar-refractivity contribution >= 4 is 24.2 Å². The lowest BCUT2D eigenvalue weighted by Crippen LogP contribution is -2.48. The Hall–Kier alpha value is -1.02. The van der Waals surface area contributed by atoms with Crippen molar-refractivity contribution in [2.45, 2.75) is 38.3 Å². The highest BCUT2D eigenvalue weighted by molar-refractivity contribution is 5.85. The predicted molar refractivity (Wildman–Crippen MR) is 88.3 cm³/mol. The first-order chi connectivity index (χ1) is 11.3. The fourth-order valence-corrected chi connectivity index (χ4v) is 4.46. The van der Waals surface area contributed by atoms with Crippen LogP contribution in [0.2, 0.25) is 0 Å². The zero-order valence-electron chi connectivity index (χ0n) is 14.0. The molecular weight excluding hydrogens is 359 g/mol. The lowest BCUT2D eigenvalue weighted by atomic mass is 9.79. The Bertz CT molecular complexity index is 497. The molecule has 2 heterocycles. The Morgan fingerprint density at radius 1 is 1.20 bits per heavy atom. The van der Waals surface area contributed by atoms with Gasteiger partial charge >= 0.3 is 12.1 Å². The number of nitrogens with zero attached hydrogens (tertiary/aromatic N) is 1. The van der Waals surface area contributed by atoms with E-state index in [1.807, 2.05) is 0 Å². The molecule has 2 atom stereocenters.